The summed E-state index contributed by atoms with van der Waals surface area (Å²) in [5, 5.41) is 19.5. The summed E-state index contributed by atoms with van der Waals surface area (Å²) < 4.78 is 4.96. The van der Waals surface area contributed by atoms with Gasteiger partial charge in [0.05, 0.1) is 7.11 Å². The maximum absolute atomic E-state index is 9.79. The van der Waals surface area contributed by atoms with Crippen LogP contribution in [0, 0.1) is 0 Å². The van der Waals surface area contributed by atoms with Crippen molar-refractivity contribution in [3.05, 3.63) is 29.3 Å². The second kappa shape index (κ2) is 3.25. The van der Waals surface area contributed by atoms with Gasteiger partial charge in [-0.15, -0.1) is 0 Å². The number of benzene rings is 1. The molecular formula is C11H12O3. The van der Waals surface area contributed by atoms with Crippen LogP contribution in [0.15, 0.2) is 18.2 Å². The molecule has 0 fully saturated rings. The Bertz CT molecular complexity index is 394. The van der Waals surface area contributed by atoms with E-state index in [1.54, 1.807) is 0 Å². The molecule has 0 aromatic heterocycles. The molecule has 1 aromatic rings. The van der Waals surface area contributed by atoms with Gasteiger partial charge < -0.3 is 14.9 Å². The summed E-state index contributed by atoms with van der Waals surface area (Å²) in [7, 11) is 1.47. The lowest BCUT2D eigenvalue weighted by atomic mass is 9.94. The second-order valence-corrected chi connectivity index (χ2v) is 3.28. The van der Waals surface area contributed by atoms with Crippen molar-refractivity contribution in [2.24, 2.45) is 0 Å². The van der Waals surface area contributed by atoms with Crippen LogP contribution in [0.1, 0.15) is 11.1 Å². The molecule has 0 unspecified atom stereocenters. The average molecular weight is 192 g/mol. The van der Waals surface area contributed by atoms with Crippen LogP contribution in [-0.2, 0) is 12.8 Å². The van der Waals surface area contributed by atoms with E-state index < -0.39 is 0 Å². The van der Waals surface area contributed by atoms with E-state index in [4.69, 9.17) is 4.74 Å². The molecule has 1 aliphatic carbocycles. The third-order valence-electron chi connectivity index (χ3n) is 2.49. The number of fused-ring (bicyclic) bond motifs is 1. The van der Waals surface area contributed by atoms with Gasteiger partial charge in [0.1, 0.15) is 5.75 Å². The molecule has 0 atom stereocenters. The topological polar surface area (TPSA) is 49.7 Å². The van der Waals surface area contributed by atoms with Gasteiger partial charge in [-0.25, -0.2) is 0 Å². The van der Waals surface area contributed by atoms with E-state index in [9.17, 15) is 10.2 Å². The van der Waals surface area contributed by atoms with Gasteiger partial charge in [0.25, 0.3) is 0 Å². The fraction of sp³-hybridized carbons (Fsp3) is 0.273. The van der Waals surface area contributed by atoms with Crippen molar-refractivity contribution in [3.63, 3.8) is 0 Å². The number of hydrogen-bond donors (Lipinski definition) is 2. The smallest absolute Gasteiger partial charge is 0.164 e. The van der Waals surface area contributed by atoms with Crippen molar-refractivity contribution in [1.82, 2.24) is 0 Å². The van der Waals surface area contributed by atoms with Gasteiger partial charge in [0.15, 0.2) is 11.5 Å². The molecule has 0 saturated heterocycles. The summed E-state index contributed by atoms with van der Waals surface area (Å²) >= 11 is 0. The highest BCUT2D eigenvalue weighted by Gasteiger charge is 2.17. The van der Waals surface area contributed by atoms with E-state index in [2.05, 4.69) is 0 Å². The van der Waals surface area contributed by atoms with Gasteiger partial charge in [-0.05, 0) is 12.8 Å². The Morgan fingerprint density at radius 1 is 1.14 bits per heavy atom. The average Bonchev–Trinajstić information content (AvgIpc) is 2.23. The zero-order chi connectivity index (χ0) is 10.1. The molecule has 0 radical (unpaired) electrons. The lowest BCUT2D eigenvalue weighted by Crippen LogP contribution is -2.00. The van der Waals surface area contributed by atoms with Gasteiger partial charge in [-0.1, -0.05) is 12.2 Å². The van der Waals surface area contributed by atoms with Gasteiger partial charge in [-0.2, -0.15) is 0 Å². The largest absolute Gasteiger partial charge is 0.508 e. The van der Waals surface area contributed by atoms with E-state index in [0.717, 1.165) is 11.1 Å². The summed E-state index contributed by atoms with van der Waals surface area (Å²) in [4.78, 5) is 0. The van der Waals surface area contributed by atoms with E-state index in [0.29, 0.717) is 18.6 Å². The molecular weight excluding hydrogens is 180 g/mol. The Labute approximate surface area is 82.3 Å². The molecule has 3 nitrogen and oxygen atoms in total. The Balaban J connectivity index is 2.62. The Morgan fingerprint density at radius 3 is 2.43 bits per heavy atom. The summed E-state index contributed by atoms with van der Waals surface area (Å²) in [5.74, 6) is 0.667. The van der Waals surface area contributed by atoms with Crippen molar-refractivity contribution in [2.75, 3.05) is 7.11 Å². The molecule has 0 heterocycles. The van der Waals surface area contributed by atoms with Crippen LogP contribution in [0.2, 0.25) is 0 Å². The lowest BCUT2D eigenvalue weighted by molar-refractivity contribution is 0.364. The maximum atomic E-state index is 9.79. The highest BCUT2D eigenvalue weighted by molar-refractivity contribution is 5.58. The number of rotatable bonds is 1. The number of phenolic OH excluding ortho intramolecular Hbond substituents is 2. The van der Waals surface area contributed by atoms with Crippen LogP contribution in [-0.4, -0.2) is 17.3 Å². The molecule has 0 spiro atoms. The number of allylic oxidation sites excluding steroid dienone is 2. The SMILES string of the molecule is COc1cc(O)c2c(c1O)CC=CC2. The molecule has 0 bridgehead atoms. The van der Waals surface area contributed by atoms with E-state index in [1.807, 2.05) is 12.2 Å². The van der Waals surface area contributed by atoms with Crippen molar-refractivity contribution in [1.29, 1.82) is 0 Å². The Morgan fingerprint density at radius 2 is 1.79 bits per heavy atom. The monoisotopic (exact) mass is 192 g/mol. The highest BCUT2D eigenvalue weighted by Crippen LogP contribution is 2.40. The Kier molecular flexibility index (Phi) is 2.08. The van der Waals surface area contributed by atoms with Gasteiger partial charge in [0.2, 0.25) is 0 Å². The van der Waals surface area contributed by atoms with E-state index >= 15 is 0 Å². The normalized spacial score (nSPS) is 13.8. The fourth-order valence-electron chi connectivity index (χ4n) is 1.73. The molecule has 74 valence electrons. The van der Waals surface area contributed by atoms with E-state index in [-0.39, 0.29) is 11.5 Å². The predicted molar refractivity (Wildman–Crippen MR) is 52.9 cm³/mol. The van der Waals surface area contributed by atoms with Crippen LogP contribution in [0.25, 0.3) is 0 Å². The first kappa shape index (κ1) is 8.94. The Hall–Kier alpha value is -1.64. The minimum Gasteiger partial charge on any atom is -0.508 e. The molecule has 0 amide bonds. The molecule has 3 heteroatoms. The predicted octanol–water partition coefficient (Wildman–Crippen LogP) is 1.76. The quantitative estimate of drug-likeness (QED) is 0.526. The van der Waals surface area contributed by atoms with Crippen LogP contribution in [0.4, 0.5) is 0 Å². The lowest BCUT2D eigenvalue weighted by Gasteiger charge is -2.16. The molecule has 1 aliphatic rings. The molecule has 2 N–H and O–H groups in total. The third-order valence-corrected chi connectivity index (χ3v) is 2.49. The fourth-order valence-corrected chi connectivity index (χ4v) is 1.73. The molecule has 1 aromatic carbocycles. The van der Waals surface area contributed by atoms with Crippen LogP contribution in [0.5, 0.6) is 17.2 Å². The number of ether oxygens (including phenoxy) is 1. The summed E-state index contributed by atoms with van der Waals surface area (Å²) in [6.45, 7) is 0. The standard InChI is InChI=1S/C11H12O3/c1-14-10-6-9(12)7-4-2-3-5-8(7)11(10)13/h2-3,6,12-13H,4-5H2,1H3. The van der Waals surface area contributed by atoms with Crippen LogP contribution < -0.4 is 4.74 Å². The van der Waals surface area contributed by atoms with Crippen molar-refractivity contribution >= 4 is 0 Å². The number of methoxy groups -OCH3 is 1. The maximum Gasteiger partial charge on any atom is 0.164 e. The molecule has 0 saturated carbocycles. The van der Waals surface area contributed by atoms with Gasteiger partial charge in [0, 0.05) is 17.2 Å². The van der Waals surface area contributed by atoms with Crippen molar-refractivity contribution < 1.29 is 14.9 Å². The first-order chi connectivity index (χ1) is 6.74. The van der Waals surface area contributed by atoms with Gasteiger partial charge >= 0.3 is 0 Å². The zero-order valence-corrected chi connectivity index (χ0v) is 7.95. The summed E-state index contributed by atoms with van der Waals surface area (Å²) in [6, 6.07) is 1.45. The van der Waals surface area contributed by atoms with E-state index in [1.165, 1.54) is 13.2 Å². The summed E-state index contributed by atoms with van der Waals surface area (Å²) in [6.07, 6.45) is 5.26. The van der Waals surface area contributed by atoms with Crippen molar-refractivity contribution in [2.45, 2.75) is 12.8 Å². The number of phenols is 2. The minimum absolute atomic E-state index is 0.143. The molecule has 0 aliphatic heterocycles. The molecule has 2 rings (SSSR count). The first-order valence-electron chi connectivity index (χ1n) is 4.49. The molecule has 14 heavy (non-hydrogen) atoms. The summed E-state index contributed by atoms with van der Waals surface area (Å²) in [5.41, 5.74) is 1.56. The third kappa shape index (κ3) is 1.21. The second-order valence-electron chi connectivity index (χ2n) is 3.28. The minimum atomic E-state index is 0.143. The van der Waals surface area contributed by atoms with Crippen LogP contribution >= 0.6 is 0 Å². The zero-order valence-electron chi connectivity index (χ0n) is 7.95. The highest BCUT2D eigenvalue weighted by atomic mass is 16.5. The van der Waals surface area contributed by atoms with Crippen molar-refractivity contribution in [3.8, 4) is 17.2 Å². The first-order valence-corrected chi connectivity index (χ1v) is 4.49. The van der Waals surface area contributed by atoms with Crippen LogP contribution in [0.3, 0.4) is 0 Å². The number of aromatic hydroxyl groups is 2. The van der Waals surface area contributed by atoms with Gasteiger partial charge in [-0.3, -0.25) is 0 Å². The number of hydrogen-bond acceptors (Lipinski definition) is 3.